The molecule has 1 unspecified atom stereocenters. The van der Waals surface area contributed by atoms with Crippen molar-refractivity contribution in [2.45, 2.75) is 37.8 Å². The minimum Gasteiger partial charge on any atom is -0.483 e. The van der Waals surface area contributed by atoms with Crippen LogP contribution in [0.2, 0.25) is 0 Å². The number of halogens is 1. The SMILES string of the molecule is NC(CC(=O)N1CCC[C@H]1c1cn(-c2ccccc2)nn1)Cc1ccccc1F.O=CO. The van der Waals surface area contributed by atoms with Gasteiger partial charge in [-0.2, -0.15) is 0 Å². The van der Waals surface area contributed by atoms with E-state index in [1.54, 1.807) is 22.9 Å². The highest BCUT2D eigenvalue weighted by Gasteiger charge is 2.32. The van der Waals surface area contributed by atoms with Crippen LogP contribution in [-0.4, -0.2) is 50.0 Å². The molecule has 0 aliphatic carbocycles. The third-order valence-corrected chi connectivity index (χ3v) is 5.32. The van der Waals surface area contributed by atoms with Gasteiger partial charge in [0.05, 0.1) is 17.9 Å². The summed E-state index contributed by atoms with van der Waals surface area (Å²) in [5.74, 6) is -0.308. The van der Waals surface area contributed by atoms with Crippen LogP contribution in [0.15, 0.2) is 60.8 Å². The van der Waals surface area contributed by atoms with Crippen molar-refractivity contribution in [1.29, 1.82) is 0 Å². The van der Waals surface area contributed by atoms with Crippen molar-refractivity contribution >= 4 is 12.4 Å². The molecule has 3 aromatic rings. The van der Waals surface area contributed by atoms with Crippen LogP contribution in [0.5, 0.6) is 0 Å². The molecule has 3 N–H and O–H groups in total. The minimum absolute atomic E-state index is 0.0226. The Labute approximate surface area is 185 Å². The van der Waals surface area contributed by atoms with Crippen LogP contribution in [0, 0.1) is 5.82 Å². The summed E-state index contributed by atoms with van der Waals surface area (Å²) in [6.45, 7) is 0.425. The van der Waals surface area contributed by atoms with Gasteiger partial charge in [0, 0.05) is 19.0 Å². The Hall–Kier alpha value is -3.59. The third kappa shape index (κ3) is 5.76. The van der Waals surface area contributed by atoms with Crippen molar-refractivity contribution < 1.29 is 19.1 Å². The standard InChI is InChI=1S/C22H24FN5O.CH2O2/c23-19-10-5-4-7-16(19)13-17(24)14-22(29)27-12-6-11-21(27)20-15-28(26-25-20)18-8-2-1-3-9-18;2-1-3/h1-5,7-10,15,17,21H,6,11-14,24H2;1H,(H,2,3)/t17?,21-;/m0./s1. The molecule has 1 fully saturated rings. The Bertz CT molecular complexity index is 1030. The first kappa shape index (κ1) is 23.1. The smallest absolute Gasteiger partial charge is 0.290 e. The quantitative estimate of drug-likeness (QED) is 0.571. The Morgan fingerprint density at radius 3 is 2.62 bits per heavy atom. The summed E-state index contributed by atoms with van der Waals surface area (Å²) in [5.41, 5.74) is 8.40. The van der Waals surface area contributed by atoms with Crippen LogP contribution in [0.3, 0.4) is 0 Å². The number of likely N-dealkylation sites (tertiary alicyclic amines) is 1. The molecule has 2 heterocycles. The number of nitrogens with zero attached hydrogens (tertiary/aromatic N) is 4. The molecular formula is C23H26FN5O3. The molecule has 0 saturated carbocycles. The predicted molar refractivity (Wildman–Crippen MR) is 116 cm³/mol. The van der Waals surface area contributed by atoms with Crippen molar-refractivity contribution in [2.75, 3.05) is 6.54 Å². The average Bonchev–Trinajstić information content (AvgIpc) is 3.46. The minimum atomic E-state index is -0.430. The molecule has 2 aromatic carbocycles. The molecule has 0 radical (unpaired) electrons. The number of amides is 1. The lowest BCUT2D eigenvalue weighted by molar-refractivity contribution is -0.132. The van der Waals surface area contributed by atoms with Crippen molar-refractivity contribution in [3.05, 3.63) is 77.9 Å². The molecule has 1 aliphatic heterocycles. The fraction of sp³-hybridized carbons (Fsp3) is 0.304. The van der Waals surface area contributed by atoms with Gasteiger partial charge in [0.25, 0.3) is 6.47 Å². The highest BCUT2D eigenvalue weighted by Crippen LogP contribution is 2.31. The van der Waals surface area contributed by atoms with Crippen molar-refractivity contribution in [3.63, 3.8) is 0 Å². The monoisotopic (exact) mass is 439 g/mol. The van der Waals surface area contributed by atoms with Crippen LogP contribution in [0.25, 0.3) is 5.69 Å². The van der Waals surface area contributed by atoms with Crippen LogP contribution in [0.4, 0.5) is 4.39 Å². The Morgan fingerprint density at radius 2 is 1.91 bits per heavy atom. The molecule has 1 aromatic heterocycles. The molecule has 0 spiro atoms. The summed E-state index contributed by atoms with van der Waals surface area (Å²) < 4.78 is 15.6. The van der Waals surface area contributed by atoms with Gasteiger partial charge < -0.3 is 15.7 Å². The van der Waals surface area contributed by atoms with Gasteiger partial charge in [-0.05, 0) is 43.0 Å². The summed E-state index contributed by atoms with van der Waals surface area (Å²) in [5, 5.41) is 15.4. The predicted octanol–water partition coefficient (Wildman–Crippen LogP) is 2.73. The second kappa shape index (κ2) is 11.1. The maximum absolute atomic E-state index is 13.8. The highest BCUT2D eigenvalue weighted by atomic mass is 19.1. The van der Waals surface area contributed by atoms with E-state index in [1.807, 2.05) is 41.4 Å². The number of hydrogen-bond donors (Lipinski definition) is 2. The molecule has 1 amide bonds. The number of hydrogen-bond acceptors (Lipinski definition) is 5. The van der Waals surface area contributed by atoms with Crippen LogP contribution >= 0.6 is 0 Å². The maximum Gasteiger partial charge on any atom is 0.290 e. The second-order valence-corrected chi connectivity index (χ2v) is 7.53. The summed E-state index contributed by atoms with van der Waals surface area (Å²) in [4.78, 5) is 23.1. The van der Waals surface area contributed by atoms with Crippen molar-refractivity contribution in [3.8, 4) is 5.69 Å². The zero-order valence-electron chi connectivity index (χ0n) is 17.5. The Balaban J connectivity index is 0.000000913. The third-order valence-electron chi connectivity index (χ3n) is 5.32. The first-order chi connectivity index (χ1) is 15.5. The number of benzene rings is 2. The average molecular weight is 439 g/mol. The lowest BCUT2D eigenvalue weighted by Gasteiger charge is -2.24. The van der Waals surface area contributed by atoms with E-state index in [0.29, 0.717) is 18.5 Å². The molecule has 9 heteroatoms. The van der Waals surface area contributed by atoms with Crippen LogP contribution in [0.1, 0.15) is 36.6 Å². The van der Waals surface area contributed by atoms with Gasteiger partial charge in [0.2, 0.25) is 5.91 Å². The van der Waals surface area contributed by atoms with E-state index in [9.17, 15) is 9.18 Å². The summed E-state index contributed by atoms with van der Waals surface area (Å²) in [6, 6.07) is 15.8. The fourth-order valence-corrected chi connectivity index (χ4v) is 3.87. The molecule has 32 heavy (non-hydrogen) atoms. The summed E-state index contributed by atoms with van der Waals surface area (Å²) >= 11 is 0. The van der Waals surface area contributed by atoms with Crippen molar-refractivity contribution in [2.24, 2.45) is 5.73 Å². The van der Waals surface area contributed by atoms with Gasteiger partial charge in [-0.3, -0.25) is 9.59 Å². The van der Waals surface area contributed by atoms with E-state index in [4.69, 9.17) is 15.6 Å². The fourth-order valence-electron chi connectivity index (χ4n) is 3.87. The molecule has 0 bridgehead atoms. The van der Waals surface area contributed by atoms with Gasteiger partial charge in [-0.15, -0.1) is 5.10 Å². The van der Waals surface area contributed by atoms with Gasteiger partial charge in [-0.25, -0.2) is 9.07 Å². The van der Waals surface area contributed by atoms with Gasteiger partial charge in [-0.1, -0.05) is 41.6 Å². The van der Waals surface area contributed by atoms with Gasteiger partial charge >= 0.3 is 0 Å². The maximum atomic E-state index is 13.8. The van der Waals surface area contributed by atoms with Crippen LogP contribution in [-0.2, 0) is 16.0 Å². The molecule has 2 atom stereocenters. The first-order valence-corrected chi connectivity index (χ1v) is 10.4. The molecular weight excluding hydrogens is 413 g/mol. The number of rotatable bonds is 6. The van der Waals surface area contributed by atoms with Crippen molar-refractivity contribution in [1.82, 2.24) is 19.9 Å². The number of para-hydroxylation sites is 1. The van der Waals surface area contributed by atoms with Gasteiger partial charge in [0.15, 0.2) is 0 Å². The van der Waals surface area contributed by atoms with E-state index in [2.05, 4.69) is 10.3 Å². The van der Waals surface area contributed by atoms with E-state index in [-0.39, 0.29) is 30.7 Å². The summed E-state index contributed by atoms with van der Waals surface area (Å²) in [6.07, 6.45) is 4.16. The van der Waals surface area contributed by atoms with E-state index in [0.717, 1.165) is 24.2 Å². The van der Waals surface area contributed by atoms with E-state index >= 15 is 0 Å². The topological polar surface area (TPSA) is 114 Å². The lowest BCUT2D eigenvalue weighted by Crippen LogP contribution is -2.36. The molecule has 168 valence electrons. The molecule has 8 nitrogen and oxygen atoms in total. The van der Waals surface area contributed by atoms with Crippen LogP contribution < -0.4 is 5.73 Å². The molecule has 1 aliphatic rings. The number of carbonyl (C=O) groups excluding carboxylic acids is 1. The first-order valence-electron chi connectivity index (χ1n) is 10.4. The number of nitrogens with two attached hydrogens (primary N) is 1. The number of carboxylic acid groups (broad SMARTS) is 1. The lowest BCUT2D eigenvalue weighted by atomic mass is 10.0. The van der Waals surface area contributed by atoms with Gasteiger partial charge in [0.1, 0.15) is 11.5 Å². The van der Waals surface area contributed by atoms with E-state index < -0.39 is 6.04 Å². The van der Waals surface area contributed by atoms with E-state index in [1.165, 1.54) is 6.07 Å². The normalized spacial score (nSPS) is 16.2. The molecule has 1 saturated heterocycles. The number of carbonyl (C=O) groups is 2. The number of aromatic nitrogens is 3. The zero-order valence-corrected chi connectivity index (χ0v) is 17.5. The zero-order chi connectivity index (χ0) is 22.9. The summed E-state index contributed by atoms with van der Waals surface area (Å²) in [7, 11) is 0. The Kier molecular flexibility index (Phi) is 8.04. The Morgan fingerprint density at radius 1 is 1.22 bits per heavy atom. The largest absolute Gasteiger partial charge is 0.483 e. The highest BCUT2D eigenvalue weighted by molar-refractivity contribution is 5.77. The second-order valence-electron chi connectivity index (χ2n) is 7.53. The molecule has 4 rings (SSSR count).